The number of carbonyl (C=O) groups is 1. The molecule has 2 heterocycles. The summed E-state index contributed by atoms with van der Waals surface area (Å²) in [5.74, 6) is 0.377. The zero-order chi connectivity index (χ0) is 16.8. The van der Waals surface area contributed by atoms with Crippen LogP contribution in [0.1, 0.15) is 37.7 Å². The molecule has 0 bridgehead atoms. The predicted octanol–water partition coefficient (Wildman–Crippen LogP) is 2.93. The van der Waals surface area contributed by atoms with Crippen LogP contribution in [-0.4, -0.2) is 55.5 Å². The van der Waals surface area contributed by atoms with E-state index in [1.54, 1.807) is 0 Å². The van der Waals surface area contributed by atoms with Gasteiger partial charge in [-0.25, -0.2) is 0 Å². The zero-order valence-electron chi connectivity index (χ0n) is 14.9. The number of unbranched alkanes of at least 4 members (excludes halogenated alkanes) is 1. The van der Waals surface area contributed by atoms with Crippen LogP contribution in [-0.2, 0) is 16.1 Å². The quantitative estimate of drug-likeness (QED) is 0.721. The number of rotatable bonds is 7. The van der Waals surface area contributed by atoms with Crippen LogP contribution in [0, 0.1) is 5.41 Å². The minimum absolute atomic E-state index is 0.0726. The zero-order valence-corrected chi connectivity index (χ0v) is 14.9. The van der Waals surface area contributed by atoms with E-state index < -0.39 is 0 Å². The Bertz CT molecular complexity index is 534. The summed E-state index contributed by atoms with van der Waals surface area (Å²) in [6, 6.07) is 10.3. The predicted molar refractivity (Wildman–Crippen MR) is 95.7 cm³/mol. The van der Waals surface area contributed by atoms with Crippen LogP contribution < -0.4 is 0 Å². The third-order valence-corrected chi connectivity index (χ3v) is 5.51. The average molecular weight is 330 g/mol. The minimum atomic E-state index is -0.0726. The van der Waals surface area contributed by atoms with E-state index in [4.69, 9.17) is 4.74 Å². The van der Waals surface area contributed by atoms with Crippen LogP contribution in [0.2, 0.25) is 0 Å². The number of amides is 1. The largest absolute Gasteiger partial charge is 0.377 e. The molecule has 0 saturated carbocycles. The first-order valence-electron chi connectivity index (χ1n) is 9.29. The van der Waals surface area contributed by atoms with Gasteiger partial charge < -0.3 is 14.5 Å². The van der Waals surface area contributed by atoms with Crippen molar-refractivity contribution in [3.8, 4) is 0 Å². The SMILES string of the molecule is CN1CCCC2(CCN(CCCCOCc3ccccc3)C2)C1=O. The van der Waals surface area contributed by atoms with Crippen molar-refractivity contribution in [1.82, 2.24) is 9.80 Å². The van der Waals surface area contributed by atoms with E-state index in [1.165, 1.54) is 5.56 Å². The molecule has 1 atom stereocenters. The third-order valence-electron chi connectivity index (χ3n) is 5.51. The lowest BCUT2D eigenvalue weighted by molar-refractivity contribution is -0.143. The van der Waals surface area contributed by atoms with E-state index in [0.717, 1.165) is 64.9 Å². The summed E-state index contributed by atoms with van der Waals surface area (Å²) >= 11 is 0. The fourth-order valence-electron chi connectivity index (χ4n) is 4.10. The minimum Gasteiger partial charge on any atom is -0.377 e. The molecular formula is C20H30N2O2. The van der Waals surface area contributed by atoms with Gasteiger partial charge in [0, 0.05) is 26.7 Å². The van der Waals surface area contributed by atoms with Crippen molar-refractivity contribution in [2.24, 2.45) is 5.41 Å². The van der Waals surface area contributed by atoms with Crippen molar-refractivity contribution in [3.63, 3.8) is 0 Å². The number of benzene rings is 1. The first kappa shape index (κ1) is 17.4. The number of hydrogen-bond acceptors (Lipinski definition) is 3. The molecule has 1 aromatic rings. The van der Waals surface area contributed by atoms with Crippen LogP contribution in [0.5, 0.6) is 0 Å². The lowest BCUT2D eigenvalue weighted by atomic mass is 9.78. The highest BCUT2D eigenvalue weighted by Gasteiger charge is 2.47. The second-order valence-electron chi connectivity index (χ2n) is 7.38. The summed E-state index contributed by atoms with van der Waals surface area (Å²) in [5.41, 5.74) is 1.16. The lowest BCUT2D eigenvalue weighted by Gasteiger charge is -2.37. The monoisotopic (exact) mass is 330 g/mol. The van der Waals surface area contributed by atoms with Gasteiger partial charge >= 0.3 is 0 Å². The Hall–Kier alpha value is -1.39. The summed E-state index contributed by atoms with van der Waals surface area (Å²) in [6.07, 6.45) is 5.51. The Morgan fingerprint density at radius 2 is 1.96 bits per heavy atom. The molecule has 2 aliphatic rings. The highest BCUT2D eigenvalue weighted by molar-refractivity contribution is 5.83. The van der Waals surface area contributed by atoms with E-state index in [1.807, 2.05) is 30.1 Å². The summed E-state index contributed by atoms with van der Waals surface area (Å²) in [6.45, 7) is 5.57. The second-order valence-corrected chi connectivity index (χ2v) is 7.38. The molecule has 1 aromatic carbocycles. The second kappa shape index (κ2) is 8.13. The Morgan fingerprint density at radius 3 is 2.79 bits per heavy atom. The molecule has 2 aliphatic heterocycles. The van der Waals surface area contributed by atoms with Gasteiger partial charge in [-0.3, -0.25) is 4.79 Å². The molecule has 2 saturated heterocycles. The smallest absolute Gasteiger partial charge is 0.229 e. The van der Waals surface area contributed by atoms with Crippen LogP contribution in [0.25, 0.3) is 0 Å². The van der Waals surface area contributed by atoms with Crippen molar-refractivity contribution >= 4 is 5.91 Å². The summed E-state index contributed by atoms with van der Waals surface area (Å²) in [4.78, 5) is 16.9. The van der Waals surface area contributed by atoms with Gasteiger partial charge in [-0.15, -0.1) is 0 Å². The topological polar surface area (TPSA) is 32.8 Å². The van der Waals surface area contributed by atoms with Crippen molar-refractivity contribution in [1.29, 1.82) is 0 Å². The molecule has 1 unspecified atom stereocenters. The van der Waals surface area contributed by atoms with Gasteiger partial charge in [0.1, 0.15) is 0 Å². The summed E-state index contributed by atoms with van der Waals surface area (Å²) in [5, 5.41) is 0. The van der Waals surface area contributed by atoms with Crippen LogP contribution in [0.15, 0.2) is 30.3 Å². The van der Waals surface area contributed by atoms with E-state index in [0.29, 0.717) is 12.5 Å². The molecule has 2 fully saturated rings. The molecule has 132 valence electrons. The molecule has 4 nitrogen and oxygen atoms in total. The number of piperidine rings is 1. The summed E-state index contributed by atoms with van der Waals surface area (Å²) < 4.78 is 5.75. The molecular weight excluding hydrogens is 300 g/mol. The molecule has 0 N–H and O–H groups in total. The lowest BCUT2D eigenvalue weighted by Crippen LogP contribution is -2.48. The molecule has 3 rings (SSSR count). The number of nitrogens with zero attached hydrogens (tertiary/aromatic N) is 2. The molecule has 4 heteroatoms. The van der Waals surface area contributed by atoms with Gasteiger partial charge in [0.25, 0.3) is 0 Å². The molecule has 0 aliphatic carbocycles. The first-order chi connectivity index (χ1) is 11.7. The molecule has 0 aromatic heterocycles. The normalized spacial score (nSPS) is 24.9. The van der Waals surface area contributed by atoms with Gasteiger partial charge in [-0.2, -0.15) is 0 Å². The first-order valence-corrected chi connectivity index (χ1v) is 9.29. The van der Waals surface area contributed by atoms with Crippen molar-refractivity contribution in [2.75, 3.05) is 39.8 Å². The van der Waals surface area contributed by atoms with Crippen molar-refractivity contribution in [3.05, 3.63) is 35.9 Å². The number of carbonyl (C=O) groups excluding carboxylic acids is 1. The van der Waals surface area contributed by atoms with Crippen molar-refractivity contribution < 1.29 is 9.53 Å². The maximum atomic E-state index is 12.5. The molecule has 24 heavy (non-hydrogen) atoms. The van der Waals surface area contributed by atoms with Gasteiger partial charge in [-0.05, 0) is 50.8 Å². The molecule has 1 spiro atoms. The Kier molecular flexibility index (Phi) is 5.90. The van der Waals surface area contributed by atoms with E-state index in [9.17, 15) is 4.79 Å². The van der Waals surface area contributed by atoms with Gasteiger partial charge in [0.15, 0.2) is 0 Å². The summed E-state index contributed by atoms with van der Waals surface area (Å²) in [7, 11) is 1.95. The van der Waals surface area contributed by atoms with Crippen LogP contribution in [0.4, 0.5) is 0 Å². The van der Waals surface area contributed by atoms with Gasteiger partial charge in [0.05, 0.1) is 12.0 Å². The Labute approximate surface area is 145 Å². The van der Waals surface area contributed by atoms with Crippen LogP contribution in [0.3, 0.4) is 0 Å². The van der Waals surface area contributed by atoms with Gasteiger partial charge in [0.2, 0.25) is 5.91 Å². The Morgan fingerprint density at radius 1 is 1.12 bits per heavy atom. The van der Waals surface area contributed by atoms with Crippen molar-refractivity contribution in [2.45, 2.75) is 38.7 Å². The maximum Gasteiger partial charge on any atom is 0.229 e. The van der Waals surface area contributed by atoms with E-state index in [2.05, 4.69) is 17.0 Å². The van der Waals surface area contributed by atoms with E-state index in [-0.39, 0.29) is 5.41 Å². The van der Waals surface area contributed by atoms with Crippen LogP contribution >= 0.6 is 0 Å². The maximum absolute atomic E-state index is 12.5. The number of likely N-dealkylation sites (tertiary alicyclic amines) is 2. The fourth-order valence-corrected chi connectivity index (χ4v) is 4.10. The highest BCUT2D eigenvalue weighted by Crippen LogP contribution is 2.39. The Balaban J connectivity index is 1.31. The number of ether oxygens (including phenoxy) is 1. The standard InChI is InChI=1S/C20H30N2O2/c1-21-12-7-10-20(19(21)23)11-14-22(17-20)13-5-6-15-24-16-18-8-3-2-4-9-18/h2-4,8-9H,5-7,10-17H2,1H3. The highest BCUT2D eigenvalue weighted by atomic mass is 16.5. The number of hydrogen-bond donors (Lipinski definition) is 0. The average Bonchev–Trinajstić information content (AvgIpc) is 3.01. The third kappa shape index (κ3) is 4.17. The van der Waals surface area contributed by atoms with Gasteiger partial charge in [-0.1, -0.05) is 30.3 Å². The van der Waals surface area contributed by atoms with E-state index >= 15 is 0 Å². The molecule has 1 amide bonds. The molecule has 0 radical (unpaired) electrons. The fraction of sp³-hybridized carbons (Fsp3) is 0.650.